The monoisotopic (exact) mass is 234 g/mol. The van der Waals surface area contributed by atoms with Gasteiger partial charge in [-0.3, -0.25) is 0 Å². The molecule has 2 radical (unpaired) electrons. The quantitative estimate of drug-likeness (QED) is 0.410. The Labute approximate surface area is 104 Å². The molecule has 0 aliphatic rings. The summed E-state index contributed by atoms with van der Waals surface area (Å²) in [7, 11) is 7.64. The number of ether oxygens (including phenoxy) is 3. The van der Waals surface area contributed by atoms with E-state index in [0.717, 1.165) is 12.0 Å². The van der Waals surface area contributed by atoms with Crippen molar-refractivity contribution < 1.29 is 14.2 Å². The highest BCUT2D eigenvalue weighted by Gasteiger charge is 2.14. The second kappa shape index (κ2) is 7.35. The molecule has 0 aromatic heterocycles. The van der Waals surface area contributed by atoms with Crippen molar-refractivity contribution in [1.29, 1.82) is 0 Å². The molecule has 0 bridgehead atoms. The molecular weight excluding hydrogens is 215 g/mol. The first-order valence-electron chi connectivity index (χ1n) is 5.86. The second-order valence-electron chi connectivity index (χ2n) is 3.64. The van der Waals surface area contributed by atoms with Gasteiger partial charge in [-0.2, -0.15) is 0 Å². The van der Waals surface area contributed by atoms with Gasteiger partial charge in [0.1, 0.15) is 20.4 Å². The minimum absolute atomic E-state index is 0.0587. The minimum atomic E-state index is -0.0587. The Morgan fingerprint density at radius 2 is 2.06 bits per heavy atom. The molecule has 4 heteroatoms. The minimum Gasteiger partial charge on any atom is -0.497 e. The number of methoxy groups -OCH3 is 1. The fourth-order valence-electron chi connectivity index (χ4n) is 1.66. The predicted molar refractivity (Wildman–Crippen MR) is 69.0 cm³/mol. The zero-order valence-electron chi connectivity index (χ0n) is 10.7. The summed E-state index contributed by atoms with van der Waals surface area (Å²) in [5, 5.41) is 0. The lowest BCUT2D eigenvalue weighted by Gasteiger charge is -2.20. The number of hydrogen-bond acceptors (Lipinski definition) is 3. The van der Waals surface area contributed by atoms with Crippen LogP contribution < -0.4 is 10.2 Å². The molecule has 0 heterocycles. The lowest BCUT2D eigenvalue weighted by molar-refractivity contribution is -0.0884. The van der Waals surface area contributed by atoms with Gasteiger partial charge in [-0.1, -0.05) is 19.1 Å². The average Bonchev–Trinajstić information content (AvgIpc) is 2.36. The molecule has 0 aliphatic heterocycles. The molecule has 17 heavy (non-hydrogen) atoms. The third-order valence-electron chi connectivity index (χ3n) is 2.59. The Morgan fingerprint density at radius 3 is 2.65 bits per heavy atom. The van der Waals surface area contributed by atoms with Crippen LogP contribution >= 0.6 is 0 Å². The Bertz CT molecular complexity index is 341. The van der Waals surface area contributed by atoms with Crippen molar-refractivity contribution in [2.24, 2.45) is 0 Å². The van der Waals surface area contributed by atoms with E-state index in [1.54, 1.807) is 7.11 Å². The van der Waals surface area contributed by atoms with E-state index in [0.29, 0.717) is 17.8 Å². The molecule has 0 amide bonds. The number of rotatable bonds is 7. The van der Waals surface area contributed by atoms with Gasteiger partial charge in [0.05, 0.1) is 13.2 Å². The molecule has 0 aliphatic carbocycles. The van der Waals surface area contributed by atoms with Crippen LogP contribution in [0.25, 0.3) is 0 Å². The first-order chi connectivity index (χ1) is 8.24. The van der Waals surface area contributed by atoms with Gasteiger partial charge >= 0.3 is 0 Å². The normalized spacial score (nSPS) is 12.4. The molecule has 0 fully saturated rings. The maximum absolute atomic E-state index is 6.03. The third-order valence-corrected chi connectivity index (χ3v) is 2.59. The van der Waals surface area contributed by atoms with Gasteiger partial charge in [0, 0.05) is 6.61 Å². The summed E-state index contributed by atoms with van der Waals surface area (Å²) in [6.45, 7) is 4.91. The summed E-state index contributed by atoms with van der Waals surface area (Å²) in [4.78, 5) is 0. The van der Waals surface area contributed by atoms with Gasteiger partial charge in [0.15, 0.2) is 0 Å². The predicted octanol–water partition coefficient (Wildman–Crippen LogP) is 1.95. The van der Waals surface area contributed by atoms with Gasteiger partial charge in [-0.25, -0.2) is 0 Å². The highest BCUT2D eigenvalue weighted by molar-refractivity contribution is 6.35. The molecule has 1 aromatic carbocycles. The van der Waals surface area contributed by atoms with Crippen LogP contribution in [0.2, 0.25) is 0 Å². The van der Waals surface area contributed by atoms with E-state index >= 15 is 0 Å². The highest BCUT2D eigenvalue weighted by Crippen LogP contribution is 2.21. The molecule has 3 nitrogen and oxygen atoms in total. The third kappa shape index (κ3) is 3.75. The zero-order chi connectivity index (χ0) is 12.7. The van der Waals surface area contributed by atoms with Gasteiger partial charge in [0.25, 0.3) is 0 Å². The summed E-state index contributed by atoms with van der Waals surface area (Å²) in [5.41, 5.74) is 1.59. The summed E-state index contributed by atoms with van der Waals surface area (Å²) in [5.74, 6) is 0.681. The summed E-state index contributed by atoms with van der Waals surface area (Å²) in [6, 6.07) is 5.71. The van der Waals surface area contributed by atoms with Crippen molar-refractivity contribution in [1.82, 2.24) is 0 Å². The van der Waals surface area contributed by atoms with Crippen molar-refractivity contribution in [3.05, 3.63) is 23.8 Å². The van der Waals surface area contributed by atoms with Crippen LogP contribution in [0, 0.1) is 0 Å². The Kier molecular flexibility index (Phi) is 6.09. The van der Waals surface area contributed by atoms with Crippen LogP contribution in [-0.2, 0) is 9.47 Å². The molecule has 0 N–H and O–H groups in total. The maximum Gasteiger partial charge on any atom is 0.147 e. The molecule has 0 spiro atoms. The largest absolute Gasteiger partial charge is 0.497 e. The molecular formula is C13H19BO3. The van der Waals surface area contributed by atoms with Crippen LogP contribution in [-0.4, -0.2) is 28.4 Å². The van der Waals surface area contributed by atoms with Gasteiger partial charge in [-0.05, 0) is 30.4 Å². The van der Waals surface area contributed by atoms with Crippen molar-refractivity contribution in [2.75, 3.05) is 20.5 Å². The van der Waals surface area contributed by atoms with Crippen molar-refractivity contribution in [2.45, 2.75) is 26.4 Å². The smallest absolute Gasteiger partial charge is 0.147 e. The maximum atomic E-state index is 6.03. The van der Waals surface area contributed by atoms with E-state index in [4.69, 9.17) is 22.1 Å². The Hall–Kier alpha value is -0.995. The second-order valence-corrected chi connectivity index (χ2v) is 3.64. The average molecular weight is 234 g/mol. The Balaban J connectivity index is 2.80. The zero-order valence-corrected chi connectivity index (χ0v) is 10.7. The van der Waals surface area contributed by atoms with Crippen molar-refractivity contribution in [3.8, 4) is 5.75 Å². The molecule has 1 rings (SSSR count). The molecule has 0 unspecified atom stereocenters. The van der Waals surface area contributed by atoms with Gasteiger partial charge < -0.3 is 14.2 Å². The Morgan fingerprint density at radius 1 is 1.29 bits per heavy atom. The van der Waals surface area contributed by atoms with Crippen LogP contribution in [0.4, 0.5) is 0 Å². The van der Waals surface area contributed by atoms with Crippen LogP contribution in [0.1, 0.15) is 31.9 Å². The fourth-order valence-corrected chi connectivity index (χ4v) is 1.66. The number of benzene rings is 1. The van der Waals surface area contributed by atoms with Gasteiger partial charge in [0.2, 0.25) is 0 Å². The van der Waals surface area contributed by atoms with Gasteiger partial charge in [-0.15, -0.1) is 0 Å². The molecule has 92 valence electrons. The molecule has 1 atom stereocenters. The molecule has 1 aromatic rings. The van der Waals surface area contributed by atoms with Crippen molar-refractivity contribution >= 4 is 13.3 Å². The topological polar surface area (TPSA) is 27.7 Å². The number of hydrogen-bond donors (Lipinski definition) is 0. The van der Waals surface area contributed by atoms with Crippen molar-refractivity contribution in [3.63, 3.8) is 0 Å². The summed E-state index contributed by atoms with van der Waals surface area (Å²) in [6.07, 6.45) is 0.779. The van der Waals surface area contributed by atoms with Crippen LogP contribution in [0.5, 0.6) is 5.75 Å². The fraction of sp³-hybridized carbons (Fsp3) is 0.538. The van der Waals surface area contributed by atoms with E-state index in [1.807, 2.05) is 25.1 Å². The van der Waals surface area contributed by atoms with Crippen LogP contribution in [0.3, 0.4) is 0 Å². The molecule has 0 saturated heterocycles. The van der Waals surface area contributed by atoms with E-state index < -0.39 is 0 Å². The van der Waals surface area contributed by atoms with E-state index in [2.05, 4.69) is 6.92 Å². The van der Waals surface area contributed by atoms with E-state index in [-0.39, 0.29) is 12.9 Å². The lowest BCUT2D eigenvalue weighted by atomic mass is 9.86. The van der Waals surface area contributed by atoms with E-state index in [1.165, 1.54) is 0 Å². The summed E-state index contributed by atoms with van der Waals surface area (Å²) < 4.78 is 16.0. The first kappa shape index (κ1) is 14.1. The lowest BCUT2D eigenvalue weighted by Crippen LogP contribution is -2.19. The highest BCUT2D eigenvalue weighted by atomic mass is 16.7. The standard InChI is InChI=1S/C13H19BO3/c1-4-11(17-9-16-5-2)10-7-6-8-12(15-3)13(10)14/h6-8,11H,4-5,9H2,1-3H3/t11-/m1/s1. The van der Waals surface area contributed by atoms with Crippen LogP contribution in [0.15, 0.2) is 18.2 Å². The van der Waals surface area contributed by atoms with E-state index in [9.17, 15) is 0 Å². The molecule has 0 saturated carbocycles. The summed E-state index contributed by atoms with van der Waals surface area (Å²) >= 11 is 0. The first-order valence-corrected chi connectivity index (χ1v) is 5.86. The SMILES string of the molecule is [B]c1c(OC)cccc1[C@@H](CC)OCOCC.